The Morgan fingerprint density at radius 2 is 0.935 bits per heavy atom. The minimum Gasteiger partial charge on any atom is -0.0654 e. The van der Waals surface area contributed by atoms with Gasteiger partial charge in [-0.25, -0.2) is 0 Å². The molecule has 0 spiro atoms. The summed E-state index contributed by atoms with van der Waals surface area (Å²) in [6.45, 7) is 9.08. The summed E-state index contributed by atoms with van der Waals surface area (Å²) in [6.07, 6.45) is 9.13. The minimum atomic E-state index is -0.508. The number of fused-ring (bicyclic) bond motifs is 9. The summed E-state index contributed by atoms with van der Waals surface area (Å²) in [5, 5.41) is 0. The van der Waals surface area contributed by atoms with E-state index in [0.717, 1.165) is 0 Å². The van der Waals surface area contributed by atoms with Crippen molar-refractivity contribution >= 4 is 0 Å². The molecule has 3 aliphatic carbocycles. The second-order valence-corrected chi connectivity index (χ2v) is 18.6. The van der Waals surface area contributed by atoms with Crippen LogP contribution in [0.4, 0.5) is 0 Å². The molecule has 0 fully saturated rings. The van der Waals surface area contributed by atoms with Gasteiger partial charge in [0, 0.05) is 11.8 Å². The zero-order valence-electron chi connectivity index (χ0n) is 36.8. The molecular weight excluding hydrogens is 745 g/mol. The predicted octanol–water partition coefficient (Wildman–Crippen LogP) is 17.0. The highest BCUT2D eigenvalue weighted by atomic mass is 14.5. The number of rotatable bonds is 11. The van der Waals surface area contributed by atoms with E-state index in [1.807, 2.05) is 0 Å². The largest absolute Gasteiger partial charge is 0.0714 e. The lowest BCUT2D eigenvalue weighted by molar-refractivity contribution is 0.571. The summed E-state index contributed by atoms with van der Waals surface area (Å²) < 4.78 is 0. The number of hydrogen-bond acceptors (Lipinski definition) is 0. The Hall–Kier alpha value is -6.24. The van der Waals surface area contributed by atoms with Crippen molar-refractivity contribution in [2.24, 2.45) is 0 Å². The van der Waals surface area contributed by atoms with Gasteiger partial charge in [0.1, 0.15) is 0 Å². The Morgan fingerprint density at radius 1 is 0.403 bits per heavy atom. The summed E-state index contributed by atoms with van der Waals surface area (Å²) in [7, 11) is 0. The topological polar surface area (TPSA) is 0 Å². The molecule has 0 bridgehead atoms. The van der Waals surface area contributed by atoms with Crippen LogP contribution in [0.2, 0.25) is 0 Å². The second-order valence-electron chi connectivity index (χ2n) is 18.6. The van der Waals surface area contributed by atoms with Crippen LogP contribution in [0.25, 0.3) is 55.6 Å². The van der Waals surface area contributed by atoms with Gasteiger partial charge < -0.3 is 0 Å². The predicted molar refractivity (Wildman–Crippen MR) is 262 cm³/mol. The van der Waals surface area contributed by atoms with E-state index in [4.69, 9.17) is 0 Å². The molecule has 0 N–H and O–H groups in total. The third-order valence-electron chi connectivity index (χ3n) is 14.9. The first-order chi connectivity index (χ1) is 30.4. The first kappa shape index (κ1) is 38.7. The van der Waals surface area contributed by atoms with Gasteiger partial charge in [-0.1, -0.05) is 215 Å². The summed E-state index contributed by atoms with van der Waals surface area (Å²) in [5.74, 6) is 0.799. The fourth-order valence-corrected chi connectivity index (χ4v) is 11.7. The van der Waals surface area contributed by atoms with Crippen molar-refractivity contribution in [3.63, 3.8) is 0 Å². The highest BCUT2D eigenvalue weighted by molar-refractivity contribution is 5.97. The Morgan fingerprint density at radius 3 is 1.65 bits per heavy atom. The van der Waals surface area contributed by atoms with E-state index in [9.17, 15) is 0 Å². The highest BCUT2D eigenvalue weighted by Gasteiger charge is 2.47. The number of hydrogen-bond donors (Lipinski definition) is 0. The van der Waals surface area contributed by atoms with E-state index in [0.29, 0.717) is 11.8 Å². The van der Waals surface area contributed by atoms with E-state index >= 15 is 0 Å². The van der Waals surface area contributed by atoms with Gasteiger partial charge in [0.05, 0.1) is 5.41 Å². The van der Waals surface area contributed by atoms with Crippen molar-refractivity contribution in [2.75, 3.05) is 0 Å². The van der Waals surface area contributed by atoms with Crippen LogP contribution < -0.4 is 0 Å². The summed E-state index contributed by atoms with van der Waals surface area (Å²) in [6, 6.07) is 66.1. The molecular formula is C62H56. The van der Waals surface area contributed by atoms with E-state index in [1.165, 1.54) is 156 Å². The second kappa shape index (κ2) is 15.6. The minimum absolute atomic E-state index is 0.368. The van der Waals surface area contributed by atoms with Crippen LogP contribution >= 0.6 is 0 Å². The third kappa shape index (κ3) is 6.09. The molecule has 8 aromatic rings. The highest BCUT2D eigenvalue weighted by Crippen LogP contribution is 2.60. The van der Waals surface area contributed by atoms with Crippen LogP contribution in [-0.4, -0.2) is 0 Å². The molecule has 11 rings (SSSR count). The number of unbranched alkanes of at least 4 members (excludes halogenated alkanes) is 5. The van der Waals surface area contributed by atoms with Gasteiger partial charge >= 0.3 is 0 Å². The van der Waals surface area contributed by atoms with Crippen LogP contribution in [-0.2, 0) is 5.41 Å². The first-order valence-electron chi connectivity index (χ1n) is 23.4. The molecule has 8 aromatic carbocycles. The lowest BCUT2D eigenvalue weighted by Crippen LogP contribution is -2.28. The fraction of sp³-hybridized carbons (Fsp3) is 0.226. The van der Waals surface area contributed by atoms with Gasteiger partial charge in [-0.05, 0) is 139 Å². The summed E-state index contributed by atoms with van der Waals surface area (Å²) in [4.78, 5) is 0. The van der Waals surface area contributed by atoms with E-state index in [1.54, 1.807) is 0 Å². The SMILES string of the molecule is CCCCCCCCC1c2ccccc2-c2ccc(-c3cccc4c3-c3ccc(-c5ccc6c(c5)C(C)c5ccccc5-6)cc3C4(c3ccc(C)cc3)c3ccc(C)cc3)cc21. The maximum absolute atomic E-state index is 2.57. The van der Waals surface area contributed by atoms with Gasteiger partial charge in [0.15, 0.2) is 0 Å². The molecule has 2 atom stereocenters. The van der Waals surface area contributed by atoms with Crippen LogP contribution in [0.3, 0.4) is 0 Å². The maximum Gasteiger partial charge on any atom is 0.0714 e. The molecule has 0 heterocycles. The molecule has 2 unspecified atom stereocenters. The average Bonchev–Trinajstić information content (AvgIpc) is 3.90. The van der Waals surface area contributed by atoms with Crippen molar-refractivity contribution < 1.29 is 0 Å². The monoisotopic (exact) mass is 800 g/mol. The summed E-state index contributed by atoms with van der Waals surface area (Å²) >= 11 is 0. The Kier molecular flexibility index (Phi) is 9.72. The molecule has 62 heavy (non-hydrogen) atoms. The molecule has 0 amide bonds. The van der Waals surface area contributed by atoms with Crippen molar-refractivity contribution in [2.45, 2.75) is 89.9 Å². The number of benzene rings is 8. The van der Waals surface area contributed by atoms with Gasteiger partial charge in [-0.15, -0.1) is 0 Å². The Labute approximate surface area is 369 Å². The van der Waals surface area contributed by atoms with Gasteiger partial charge in [-0.2, -0.15) is 0 Å². The lowest BCUT2D eigenvalue weighted by atomic mass is 9.67. The third-order valence-corrected chi connectivity index (χ3v) is 14.9. The smallest absolute Gasteiger partial charge is 0.0654 e. The maximum atomic E-state index is 2.57. The van der Waals surface area contributed by atoms with E-state index < -0.39 is 5.41 Å². The molecule has 0 radical (unpaired) electrons. The lowest BCUT2D eigenvalue weighted by Gasteiger charge is -2.34. The standard InChI is InChI=1S/C62H56/c1-5-6-7-8-9-10-17-53-51-19-13-14-20-52(51)55-35-29-45(38-58(53)55)49-21-15-22-59-61(49)56-36-28-44(43-27-34-54-50-18-12-11-16-48(50)42(4)57(54)37-43)39-60(56)62(59,46-30-23-40(2)24-31-46)47-32-25-41(3)26-33-47/h11-16,18-39,42,53H,5-10,17H2,1-4H3. The average molecular weight is 801 g/mol. The van der Waals surface area contributed by atoms with Crippen molar-refractivity contribution in [1.82, 2.24) is 0 Å². The molecule has 0 nitrogen and oxygen atoms in total. The van der Waals surface area contributed by atoms with Crippen LogP contribution in [0.15, 0.2) is 170 Å². The Balaban J connectivity index is 1.10. The molecule has 0 heteroatoms. The van der Waals surface area contributed by atoms with Crippen molar-refractivity contribution in [3.05, 3.63) is 225 Å². The van der Waals surface area contributed by atoms with Gasteiger partial charge in [-0.3, -0.25) is 0 Å². The molecule has 0 aromatic heterocycles. The zero-order chi connectivity index (χ0) is 42.0. The van der Waals surface area contributed by atoms with Crippen molar-refractivity contribution in [1.29, 1.82) is 0 Å². The summed E-state index contributed by atoms with van der Waals surface area (Å²) in [5.41, 5.74) is 26.7. The molecule has 304 valence electrons. The molecule has 3 aliphatic rings. The molecule has 0 saturated carbocycles. The molecule has 0 aliphatic heterocycles. The quantitative estimate of drug-likeness (QED) is 0.114. The van der Waals surface area contributed by atoms with Crippen LogP contribution in [0, 0.1) is 13.8 Å². The molecule has 0 saturated heterocycles. The Bertz CT molecular complexity index is 2930. The van der Waals surface area contributed by atoms with E-state index in [-0.39, 0.29) is 0 Å². The van der Waals surface area contributed by atoms with Gasteiger partial charge in [0.25, 0.3) is 0 Å². The zero-order valence-corrected chi connectivity index (χ0v) is 36.8. The van der Waals surface area contributed by atoms with Gasteiger partial charge in [0.2, 0.25) is 0 Å². The van der Waals surface area contributed by atoms with Crippen LogP contribution in [0.5, 0.6) is 0 Å². The number of aryl methyl sites for hydroxylation is 2. The van der Waals surface area contributed by atoms with Crippen molar-refractivity contribution in [3.8, 4) is 55.6 Å². The first-order valence-corrected chi connectivity index (χ1v) is 23.4. The van der Waals surface area contributed by atoms with E-state index in [2.05, 4.69) is 198 Å². The van der Waals surface area contributed by atoms with Crippen LogP contribution in [0.1, 0.15) is 126 Å². The fourth-order valence-electron chi connectivity index (χ4n) is 11.7. The normalized spacial score (nSPS) is 16.0.